The zero-order valence-corrected chi connectivity index (χ0v) is 7.43. The third kappa shape index (κ3) is 1.72. The standard InChI is InChI=1S/C10H6F3NO/c11-10(12,13)8-5-6-3-1-2-4-7(6)9(15)14-8/h1-5H,(H,14,15). The summed E-state index contributed by atoms with van der Waals surface area (Å²) in [6, 6.07) is 7.07. The van der Waals surface area contributed by atoms with E-state index in [9.17, 15) is 18.0 Å². The van der Waals surface area contributed by atoms with E-state index < -0.39 is 17.4 Å². The second kappa shape index (κ2) is 3.12. The average molecular weight is 213 g/mol. The number of H-pyrrole nitrogens is 1. The molecule has 0 saturated heterocycles. The molecule has 2 rings (SSSR count). The van der Waals surface area contributed by atoms with Gasteiger partial charge in [-0.3, -0.25) is 4.79 Å². The molecule has 0 amide bonds. The summed E-state index contributed by atoms with van der Waals surface area (Å²) in [6.45, 7) is 0. The van der Waals surface area contributed by atoms with E-state index in [-0.39, 0.29) is 10.8 Å². The summed E-state index contributed by atoms with van der Waals surface area (Å²) >= 11 is 0. The third-order valence-electron chi connectivity index (χ3n) is 2.06. The molecule has 5 heteroatoms. The highest BCUT2D eigenvalue weighted by atomic mass is 19.4. The van der Waals surface area contributed by atoms with Crippen molar-refractivity contribution in [3.8, 4) is 0 Å². The summed E-state index contributed by atoms with van der Waals surface area (Å²) in [6.07, 6.45) is -4.52. The Labute approximate surface area is 82.4 Å². The van der Waals surface area contributed by atoms with Gasteiger partial charge in [0.1, 0.15) is 5.69 Å². The van der Waals surface area contributed by atoms with Gasteiger partial charge in [0.05, 0.1) is 0 Å². The second-order valence-electron chi connectivity index (χ2n) is 3.10. The average Bonchev–Trinajstić information content (AvgIpc) is 2.16. The maximum atomic E-state index is 12.3. The van der Waals surface area contributed by atoms with Crippen LogP contribution in [0.15, 0.2) is 35.1 Å². The van der Waals surface area contributed by atoms with Crippen molar-refractivity contribution in [1.29, 1.82) is 0 Å². The molecule has 0 aliphatic rings. The highest BCUT2D eigenvalue weighted by Gasteiger charge is 2.32. The molecule has 2 aromatic rings. The zero-order valence-electron chi connectivity index (χ0n) is 7.43. The molecular weight excluding hydrogens is 207 g/mol. The van der Waals surface area contributed by atoms with Gasteiger partial charge < -0.3 is 4.98 Å². The lowest BCUT2D eigenvalue weighted by Gasteiger charge is -2.06. The van der Waals surface area contributed by atoms with E-state index in [0.717, 1.165) is 6.07 Å². The highest BCUT2D eigenvalue weighted by Crippen LogP contribution is 2.28. The quantitative estimate of drug-likeness (QED) is 0.716. The fourth-order valence-electron chi connectivity index (χ4n) is 1.36. The summed E-state index contributed by atoms with van der Waals surface area (Å²) in [5.74, 6) is 0. The number of fused-ring (bicyclic) bond motifs is 1. The minimum atomic E-state index is -4.52. The van der Waals surface area contributed by atoms with Crippen LogP contribution in [0, 0.1) is 0 Å². The van der Waals surface area contributed by atoms with Gasteiger partial charge in [-0.1, -0.05) is 18.2 Å². The van der Waals surface area contributed by atoms with E-state index in [1.54, 1.807) is 12.1 Å². The van der Waals surface area contributed by atoms with Gasteiger partial charge >= 0.3 is 6.18 Å². The molecule has 1 aromatic heterocycles. The molecule has 1 aromatic carbocycles. The summed E-state index contributed by atoms with van der Waals surface area (Å²) in [5.41, 5.74) is -1.74. The van der Waals surface area contributed by atoms with Crippen LogP contribution >= 0.6 is 0 Å². The molecule has 0 saturated carbocycles. The van der Waals surface area contributed by atoms with Gasteiger partial charge in [-0.25, -0.2) is 0 Å². The molecule has 0 spiro atoms. The number of aromatic amines is 1. The van der Waals surface area contributed by atoms with Crippen LogP contribution in [0.1, 0.15) is 5.69 Å². The monoisotopic (exact) mass is 213 g/mol. The van der Waals surface area contributed by atoms with Crippen LogP contribution in [0.3, 0.4) is 0 Å². The van der Waals surface area contributed by atoms with E-state index in [1.807, 2.05) is 4.98 Å². The van der Waals surface area contributed by atoms with Crippen molar-refractivity contribution in [2.24, 2.45) is 0 Å². The van der Waals surface area contributed by atoms with Crippen molar-refractivity contribution in [3.05, 3.63) is 46.4 Å². The van der Waals surface area contributed by atoms with Crippen molar-refractivity contribution in [1.82, 2.24) is 4.98 Å². The number of halogens is 3. The first-order chi connectivity index (χ1) is 6.98. The number of pyridine rings is 1. The molecule has 0 atom stereocenters. The number of benzene rings is 1. The lowest BCUT2D eigenvalue weighted by molar-refractivity contribution is -0.141. The van der Waals surface area contributed by atoms with Crippen LogP contribution < -0.4 is 5.56 Å². The Bertz CT molecular complexity index is 556. The molecule has 2 nitrogen and oxygen atoms in total. The maximum absolute atomic E-state index is 12.3. The zero-order chi connectivity index (χ0) is 11.1. The van der Waals surface area contributed by atoms with Crippen molar-refractivity contribution >= 4 is 10.8 Å². The molecule has 0 fully saturated rings. The fraction of sp³-hybridized carbons (Fsp3) is 0.100. The Morgan fingerprint density at radius 2 is 1.80 bits per heavy atom. The number of hydrogen-bond donors (Lipinski definition) is 1. The molecule has 0 unspecified atom stereocenters. The van der Waals surface area contributed by atoms with E-state index in [4.69, 9.17) is 0 Å². The fourth-order valence-corrected chi connectivity index (χ4v) is 1.36. The van der Waals surface area contributed by atoms with Crippen molar-refractivity contribution < 1.29 is 13.2 Å². The first kappa shape index (κ1) is 9.76. The van der Waals surface area contributed by atoms with Gasteiger partial charge in [0.2, 0.25) is 0 Å². The maximum Gasteiger partial charge on any atom is 0.431 e. The third-order valence-corrected chi connectivity index (χ3v) is 2.06. The molecular formula is C10H6F3NO. The van der Waals surface area contributed by atoms with Crippen molar-refractivity contribution in [2.75, 3.05) is 0 Å². The van der Waals surface area contributed by atoms with Gasteiger partial charge in [-0.05, 0) is 17.5 Å². The van der Waals surface area contributed by atoms with Gasteiger partial charge in [0, 0.05) is 5.39 Å². The molecule has 78 valence electrons. The van der Waals surface area contributed by atoms with Crippen LogP contribution in [0.25, 0.3) is 10.8 Å². The number of rotatable bonds is 0. The van der Waals surface area contributed by atoms with Crippen LogP contribution in [0.5, 0.6) is 0 Å². The van der Waals surface area contributed by atoms with Gasteiger partial charge in [-0.15, -0.1) is 0 Å². The minimum absolute atomic E-state index is 0.255. The predicted octanol–water partition coefficient (Wildman–Crippen LogP) is 2.55. The number of aromatic nitrogens is 1. The smallest absolute Gasteiger partial charge is 0.318 e. The van der Waals surface area contributed by atoms with E-state index >= 15 is 0 Å². The van der Waals surface area contributed by atoms with Crippen molar-refractivity contribution in [2.45, 2.75) is 6.18 Å². The molecule has 0 aliphatic heterocycles. The molecule has 1 N–H and O–H groups in total. The van der Waals surface area contributed by atoms with Crippen LogP contribution in [0.4, 0.5) is 13.2 Å². The van der Waals surface area contributed by atoms with Crippen LogP contribution in [-0.4, -0.2) is 4.98 Å². The summed E-state index contributed by atoms with van der Waals surface area (Å²) in [4.78, 5) is 13.1. The Morgan fingerprint density at radius 3 is 2.47 bits per heavy atom. The number of nitrogens with one attached hydrogen (secondary N) is 1. The van der Waals surface area contributed by atoms with Gasteiger partial charge in [0.25, 0.3) is 5.56 Å². The van der Waals surface area contributed by atoms with Crippen LogP contribution in [-0.2, 0) is 6.18 Å². The highest BCUT2D eigenvalue weighted by molar-refractivity contribution is 5.81. The first-order valence-electron chi connectivity index (χ1n) is 4.18. The van der Waals surface area contributed by atoms with E-state index in [0.29, 0.717) is 0 Å². The van der Waals surface area contributed by atoms with Gasteiger partial charge in [0.15, 0.2) is 0 Å². The first-order valence-corrected chi connectivity index (χ1v) is 4.18. The second-order valence-corrected chi connectivity index (χ2v) is 3.10. The largest absolute Gasteiger partial charge is 0.431 e. The van der Waals surface area contributed by atoms with E-state index in [2.05, 4.69) is 0 Å². The lowest BCUT2D eigenvalue weighted by atomic mass is 10.1. The molecule has 0 radical (unpaired) electrons. The number of alkyl halides is 3. The Kier molecular flexibility index (Phi) is 2.03. The lowest BCUT2D eigenvalue weighted by Crippen LogP contribution is -2.16. The Hall–Kier alpha value is -1.78. The van der Waals surface area contributed by atoms with Crippen molar-refractivity contribution in [3.63, 3.8) is 0 Å². The topological polar surface area (TPSA) is 32.9 Å². The summed E-state index contributed by atoms with van der Waals surface area (Å²) < 4.78 is 37.0. The Balaban J connectivity index is 2.79. The normalized spacial score (nSPS) is 11.9. The molecule has 15 heavy (non-hydrogen) atoms. The van der Waals surface area contributed by atoms with Crippen LogP contribution in [0.2, 0.25) is 0 Å². The molecule has 0 aliphatic carbocycles. The Morgan fingerprint density at radius 1 is 1.13 bits per heavy atom. The summed E-state index contributed by atoms with van der Waals surface area (Å²) in [7, 11) is 0. The predicted molar refractivity (Wildman–Crippen MR) is 49.6 cm³/mol. The minimum Gasteiger partial charge on any atom is -0.318 e. The van der Waals surface area contributed by atoms with E-state index in [1.165, 1.54) is 12.1 Å². The number of hydrogen-bond acceptors (Lipinski definition) is 1. The molecule has 1 heterocycles. The van der Waals surface area contributed by atoms with Gasteiger partial charge in [-0.2, -0.15) is 13.2 Å². The summed E-state index contributed by atoms with van der Waals surface area (Å²) in [5, 5.41) is 0.541. The SMILES string of the molecule is O=c1[nH]c(C(F)(F)F)cc2ccccc12. The molecule has 0 bridgehead atoms.